The van der Waals surface area contributed by atoms with E-state index in [1.54, 1.807) is 23.1 Å². The molecular weight excluding hydrogens is 334 g/mol. The molecular formula is C15H23N3O5S. The van der Waals surface area contributed by atoms with Gasteiger partial charge in [-0.3, -0.25) is 4.79 Å². The van der Waals surface area contributed by atoms with Crippen LogP contribution in [-0.2, 0) is 10.0 Å². The molecule has 0 aromatic heterocycles. The van der Waals surface area contributed by atoms with Gasteiger partial charge in [0.1, 0.15) is 6.61 Å². The Balaban J connectivity index is 2.09. The van der Waals surface area contributed by atoms with Crippen LogP contribution in [0.15, 0.2) is 18.2 Å². The second kappa shape index (κ2) is 7.82. The van der Waals surface area contributed by atoms with E-state index in [2.05, 4.69) is 0 Å². The normalized spacial score (nSPS) is 17.8. The number of ether oxygens (including phenoxy) is 2. The number of carbonyl (C=O) groups excluding carboxylic acids is 1. The van der Waals surface area contributed by atoms with Crippen molar-refractivity contribution in [3.8, 4) is 11.5 Å². The van der Waals surface area contributed by atoms with Gasteiger partial charge < -0.3 is 20.1 Å². The molecule has 1 aromatic carbocycles. The van der Waals surface area contributed by atoms with Crippen LogP contribution in [0.2, 0.25) is 0 Å². The molecule has 1 aromatic rings. The zero-order valence-corrected chi connectivity index (χ0v) is 14.4. The molecule has 1 heterocycles. The maximum Gasteiger partial charge on any atom is 0.254 e. The molecule has 1 atom stereocenters. The Bertz CT molecular complexity index is 692. The molecule has 9 heteroatoms. The minimum absolute atomic E-state index is 0.107. The SMILES string of the molecule is COc1ccc(C(=O)N2CCC(CS(N)(=O)=O)C2)cc1OCCN. The monoisotopic (exact) mass is 357 g/mol. The van der Waals surface area contributed by atoms with E-state index in [1.165, 1.54) is 7.11 Å². The topological polar surface area (TPSA) is 125 Å². The zero-order chi connectivity index (χ0) is 17.7. The molecule has 1 saturated heterocycles. The molecule has 0 bridgehead atoms. The lowest BCUT2D eigenvalue weighted by Crippen LogP contribution is -2.30. The van der Waals surface area contributed by atoms with Crippen molar-refractivity contribution in [1.82, 2.24) is 4.90 Å². The summed E-state index contributed by atoms with van der Waals surface area (Å²) >= 11 is 0. The predicted molar refractivity (Wildman–Crippen MR) is 89.5 cm³/mol. The van der Waals surface area contributed by atoms with Crippen molar-refractivity contribution in [2.24, 2.45) is 16.8 Å². The molecule has 4 N–H and O–H groups in total. The van der Waals surface area contributed by atoms with E-state index in [9.17, 15) is 13.2 Å². The summed E-state index contributed by atoms with van der Waals surface area (Å²) in [6.45, 7) is 1.54. The summed E-state index contributed by atoms with van der Waals surface area (Å²) in [6, 6.07) is 4.93. The maximum atomic E-state index is 12.6. The molecule has 0 spiro atoms. The van der Waals surface area contributed by atoms with Gasteiger partial charge in [-0.05, 0) is 30.5 Å². The number of likely N-dealkylation sites (tertiary alicyclic amines) is 1. The first kappa shape index (κ1) is 18.5. The highest BCUT2D eigenvalue weighted by Crippen LogP contribution is 2.29. The van der Waals surface area contributed by atoms with Crippen LogP contribution in [0.5, 0.6) is 11.5 Å². The number of methoxy groups -OCH3 is 1. The Morgan fingerprint density at radius 3 is 2.75 bits per heavy atom. The van der Waals surface area contributed by atoms with Crippen LogP contribution < -0.4 is 20.3 Å². The molecule has 8 nitrogen and oxygen atoms in total. The number of nitrogens with two attached hydrogens (primary N) is 2. The van der Waals surface area contributed by atoms with Crippen molar-refractivity contribution < 1.29 is 22.7 Å². The standard InChI is InChI=1S/C15H23N3O5S/c1-22-13-3-2-12(8-14(13)23-7-5-16)15(19)18-6-4-11(9-18)10-24(17,20)21/h2-3,8,11H,4-7,9-10,16H2,1H3,(H2,17,20,21). The summed E-state index contributed by atoms with van der Waals surface area (Å²) in [7, 11) is -2.02. The number of amides is 1. The van der Waals surface area contributed by atoms with Gasteiger partial charge in [-0.1, -0.05) is 0 Å². The van der Waals surface area contributed by atoms with Gasteiger partial charge in [0.25, 0.3) is 5.91 Å². The molecule has 1 amide bonds. The Hall–Kier alpha value is -1.84. The van der Waals surface area contributed by atoms with Gasteiger partial charge in [-0.15, -0.1) is 0 Å². The van der Waals surface area contributed by atoms with E-state index >= 15 is 0 Å². The molecule has 1 aliphatic rings. The molecule has 1 fully saturated rings. The van der Waals surface area contributed by atoms with Crippen LogP contribution in [0.1, 0.15) is 16.8 Å². The van der Waals surface area contributed by atoms with E-state index in [-0.39, 0.29) is 17.6 Å². The fraction of sp³-hybridized carbons (Fsp3) is 0.533. The molecule has 24 heavy (non-hydrogen) atoms. The molecule has 0 radical (unpaired) electrons. The first-order chi connectivity index (χ1) is 11.3. The highest BCUT2D eigenvalue weighted by molar-refractivity contribution is 7.89. The van der Waals surface area contributed by atoms with Crippen LogP contribution >= 0.6 is 0 Å². The van der Waals surface area contributed by atoms with Gasteiger partial charge in [0.2, 0.25) is 10.0 Å². The number of primary sulfonamides is 1. The zero-order valence-electron chi connectivity index (χ0n) is 13.6. The van der Waals surface area contributed by atoms with Crippen molar-refractivity contribution >= 4 is 15.9 Å². The third-order valence-corrected chi connectivity index (χ3v) is 4.76. The smallest absolute Gasteiger partial charge is 0.254 e. The van der Waals surface area contributed by atoms with Crippen molar-refractivity contribution in [1.29, 1.82) is 0 Å². The number of nitrogens with zero attached hydrogens (tertiary/aromatic N) is 1. The Morgan fingerprint density at radius 2 is 2.12 bits per heavy atom. The number of carbonyl (C=O) groups is 1. The number of hydrogen-bond acceptors (Lipinski definition) is 6. The summed E-state index contributed by atoms with van der Waals surface area (Å²) < 4.78 is 33.1. The number of rotatable bonds is 7. The maximum absolute atomic E-state index is 12.6. The Morgan fingerprint density at radius 1 is 1.38 bits per heavy atom. The molecule has 134 valence electrons. The fourth-order valence-electron chi connectivity index (χ4n) is 2.76. The van der Waals surface area contributed by atoms with Gasteiger partial charge in [-0.2, -0.15) is 0 Å². The lowest BCUT2D eigenvalue weighted by atomic mass is 10.1. The lowest BCUT2D eigenvalue weighted by molar-refractivity contribution is 0.0787. The summed E-state index contributed by atoms with van der Waals surface area (Å²) in [6.07, 6.45) is 0.620. The summed E-state index contributed by atoms with van der Waals surface area (Å²) in [4.78, 5) is 14.2. The second-order valence-corrected chi connectivity index (χ2v) is 7.40. The van der Waals surface area contributed by atoms with Crippen LogP contribution in [0.4, 0.5) is 0 Å². The lowest BCUT2D eigenvalue weighted by Gasteiger charge is -2.18. The van der Waals surface area contributed by atoms with E-state index in [0.29, 0.717) is 49.7 Å². The third-order valence-electron chi connectivity index (χ3n) is 3.83. The van der Waals surface area contributed by atoms with Gasteiger partial charge in [0, 0.05) is 25.2 Å². The van der Waals surface area contributed by atoms with Crippen LogP contribution in [0.3, 0.4) is 0 Å². The van der Waals surface area contributed by atoms with Crippen molar-refractivity contribution in [2.75, 3.05) is 39.1 Å². The first-order valence-electron chi connectivity index (χ1n) is 7.64. The quantitative estimate of drug-likeness (QED) is 0.695. The molecule has 2 rings (SSSR count). The molecule has 0 aliphatic carbocycles. The number of sulfonamides is 1. The predicted octanol–water partition coefficient (Wildman–Crippen LogP) is -0.217. The summed E-state index contributed by atoms with van der Waals surface area (Å²) in [5, 5.41) is 5.07. The highest BCUT2D eigenvalue weighted by atomic mass is 32.2. The van der Waals surface area contributed by atoms with Gasteiger partial charge in [0.05, 0.1) is 12.9 Å². The minimum Gasteiger partial charge on any atom is -0.493 e. The molecule has 1 unspecified atom stereocenters. The fourth-order valence-corrected chi connectivity index (χ4v) is 3.68. The number of hydrogen-bond donors (Lipinski definition) is 2. The first-order valence-corrected chi connectivity index (χ1v) is 9.36. The minimum atomic E-state index is -3.53. The molecule has 0 saturated carbocycles. The Labute approximate surface area is 141 Å². The van der Waals surface area contributed by atoms with E-state index < -0.39 is 10.0 Å². The van der Waals surface area contributed by atoms with Gasteiger partial charge >= 0.3 is 0 Å². The average molecular weight is 357 g/mol. The van der Waals surface area contributed by atoms with Crippen LogP contribution in [-0.4, -0.2) is 58.3 Å². The summed E-state index contributed by atoms with van der Waals surface area (Å²) in [5.74, 6) is 0.564. The van der Waals surface area contributed by atoms with Gasteiger partial charge in [0.15, 0.2) is 11.5 Å². The second-order valence-electron chi connectivity index (χ2n) is 5.74. The van der Waals surface area contributed by atoms with Crippen LogP contribution in [0, 0.1) is 5.92 Å². The van der Waals surface area contributed by atoms with E-state index in [1.807, 2.05) is 0 Å². The van der Waals surface area contributed by atoms with Crippen molar-refractivity contribution in [3.05, 3.63) is 23.8 Å². The van der Waals surface area contributed by atoms with Crippen LogP contribution in [0.25, 0.3) is 0 Å². The number of benzene rings is 1. The van der Waals surface area contributed by atoms with Crippen molar-refractivity contribution in [3.63, 3.8) is 0 Å². The third kappa shape index (κ3) is 4.83. The largest absolute Gasteiger partial charge is 0.493 e. The highest BCUT2D eigenvalue weighted by Gasteiger charge is 2.29. The van der Waals surface area contributed by atoms with Gasteiger partial charge in [-0.25, -0.2) is 13.6 Å². The molecule has 1 aliphatic heterocycles. The average Bonchev–Trinajstić information content (AvgIpc) is 2.98. The van der Waals surface area contributed by atoms with E-state index in [0.717, 1.165) is 0 Å². The van der Waals surface area contributed by atoms with E-state index in [4.69, 9.17) is 20.3 Å². The van der Waals surface area contributed by atoms with Crippen molar-refractivity contribution in [2.45, 2.75) is 6.42 Å². The Kier molecular flexibility index (Phi) is 6.03. The summed E-state index contributed by atoms with van der Waals surface area (Å²) in [5.41, 5.74) is 5.89.